The fraction of sp³-hybridized carbons (Fsp3) is 0.278. The third-order valence-corrected chi connectivity index (χ3v) is 3.95. The van der Waals surface area contributed by atoms with Gasteiger partial charge in [0.05, 0.1) is 12.7 Å². The van der Waals surface area contributed by atoms with Crippen LogP contribution in [0.1, 0.15) is 25.3 Å². The molecule has 0 saturated heterocycles. The van der Waals surface area contributed by atoms with E-state index in [1.165, 1.54) is 0 Å². The number of aromatic amines is 1. The predicted octanol–water partition coefficient (Wildman–Crippen LogP) is 2.94. The molecule has 0 aliphatic rings. The van der Waals surface area contributed by atoms with Gasteiger partial charge in [-0.05, 0) is 50.2 Å². The molecule has 25 heavy (non-hydrogen) atoms. The molecule has 0 unspecified atom stereocenters. The largest absolute Gasteiger partial charge is 0.469 e. The van der Waals surface area contributed by atoms with Crippen molar-refractivity contribution in [3.63, 3.8) is 0 Å². The van der Waals surface area contributed by atoms with Crippen molar-refractivity contribution in [3.8, 4) is 0 Å². The second-order valence-electron chi connectivity index (χ2n) is 5.55. The molecule has 0 radical (unpaired) electrons. The minimum absolute atomic E-state index is 0.284. The molecule has 0 amide bonds. The summed E-state index contributed by atoms with van der Waals surface area (Å²) in [6.07, 6.45) is 1.88. The van der Waals surface area contributed by atoms with Crippen LogP contribution in [0.2, 0.25) is 0 Å². The standard InChI is InChI=1S/C18H21N5O2/c1-3-23(4-2)14-9-7-13(8-10-14)19-18-20-17(24)16(21-22-18)12-15-6-5-11-25-15/h5-11H,3-4,12H2,1-2H3,(H2,19,20,22,24). The molecule has 0 aliphatic carbocycles. The predicted molar refractivity (Wildman–Crippen MR) is 97.5 cm³/mol. The average Bonchev–Trinajstić information content (AvgIpc) is 3.13. The summed E-state index contributed by atoms with van der Waals surface area (Å²) < 4.78 is 5.23. The summed E-state index contributed by atoms with van der Waals surface area (Å²) in [4.78, 5) is 17.1. The summed E-state index contributed by atoms with van der Waals surface area (Å²) in [5.41, 5.74) is 2.02. The molecule has 2 heterocycles. The Kier molecular flexibility index (Phi) is 5.13. The number of nitrogens with zero attached hydrogens (tertiary/aromatic N) is 3. The first-order valence-corrected chi connectivity index (χ1v) is 8.30. The summed E-state index contributed by atoms with van der Waals surface area (Å²) in [7, 11) is 0. The van der Waals surface area contributed by atoms with E-state index in [1.807, 2.05) is 24.3 Å². The van der Waals surface area contributed by atoms with Gasteiger partial charge in [-0.15, -0.1) is 10.2 Å². The van der Waals surface area contributed by atoms with Crippen molar-refractivity contribution in [1.29, 1.82) is 0 Å². The second kappa shape index (κ2) is 7.65. The van der Waals surface area contributed by atoms with E-state index in [9.17, 15) is 4.79 Å². The van der Waals surface area contributed by atoms with Crippen LogP contribution in [0, 0.1) is 0 Å². The molecule has 0 bridgehead atoms. The molecule has 1 aromatic carbocycles. The highest BCUT2D eigenvalue weighted by atomic mass is 16.3. The van der Waals surface area contributed by atoms with Gasteiger partial charge in [-0.2, -0.15) is 0 Å². The minimum atomic E-state index is -0.284. The van der Waals surface area contributed by atoms with Gasteiger partial charge in [0.15, 0.2) is 0 Å². The number of hydrogen-bond acceptors (Lipinski definition) is 6. The number of anilines is 3. The minimum Gasteiger partial charge on any atom is -0.469 e. The van der Waals surface area contributed by atoms with Gasteiger partial charge in [-0.25, -0.2) is 0 Å². The molecule has 0 spiro atoms. The number of nitrogens with one attached hydrogen (secondary N) is 2. The number of hydrogen-bond donors (Lipinski definition) is 2. The van der Waals surface area contributed by atoms with E-state index in [1.54, 1.807) is 18.4 Å². The van der Waals surface area contributed by atoms with Crippen LogP contribution in [-0.4, -0.2) is 28.3 Å². The Balaban J connectivity index is 1.70. The Labute approximate surface area is 145 Å². The van der Waals surface area contributed by atoms with Gasteiger partial charge in [0.25, 0.3) is 5.56 Å². The molecule has 3 aromatic rings. The zero-order valence-corrected chi connectivity index (χ0v) is 14.3. The highest BCUT2D eigenvalue weighted by molar-refractivity contribution is 5.59. The highest BCUT2D eigenvalue weighted by Crippen LogP contribution is 2.19. The van der Waals surface area contributed by atoms with Crippen molar-refractivity contribution in [1.82, 2.24) is 15.2 Å². The first-order valence-electron chi connectivity index (χ1n) is 8.30. The molecule has 0 fully saturated rings. The third-order valence-electron chi connectivity index (χ3n) is 3.95. The van der Waals surface area contributed by atoms with Crippen LogP contribution >= 0.6 is 0 Å². The molecule has 0 atom stereocenters. The molecule has 2 N–H and O–H groups in total. The van der Waals surface area contributed by atoms with Crippen LogP contribution < -0.4 is 15.8 Å². The van der Waals surface area contributed by atoms with Gasteiger partial charge >= 0.3 is 0 Å². The van der Waals surface area contributed by atoms with E-state index in [2.05, 4.69) is 39.2 Å². The van der Waals surface area contributed by atoms with Gasteiger partial charge in [0.2, 0.25) is 5.95 Å². The Hall–Kier alpha value is -3.09. The molecular weight excluding hydrogens is 318 g/mol. The van der Waals surface area contributed by atoms with Crippen molar-refractivity contribution < 1.29 is 4.42 Å². The van der Waals surface area contributed by atoms with Gasteiger partial charge in [-0.1, -0.05) is 0 Å². The zero-order chi connectivity index (χ0) is 17.6. The van der Waals surface area contributed by atoms with E-state index in [0.717, 1.165) is 24.5 Å². The number of rotatable bonds is 7. The number of furan rings is 1. The van der Waals surface area contributed by atoms with Crippen LogP contribution in [0.3, 0.4) is 0 Å². The summed E-state index contributed by atoms with van der Waals surface area (Å²) in [6, 6.07) is 11.5. The molecule has 0 aliphatic heterocycles. The molecule has 7 heteroatoms. The summed E-state index contributed by atoms with van der Waals surface area (Å²) in [6.45, 7) is 6.17. The molecular formula is C18H21N5O2. The molecule has 0 saturated carbocycles. The zero-order valence-electron chi connectivity index (χ0n) is 14.3. The fourth-order valence-corrected chi connectivity index (χ4v) is 2.59. The maximum Gasteiger partial charge on any atom is 0.274 e. The van der Waals surface area contributed by atoms with E-state index in [4.69, 9.17) is 4.42 Å². The lowest BCUT2D eigenvalue weighted by Crippen LogP contribution is -2.21. The Bertz CT molecular complexity index is 852. The summed E-state index contributed by atoms with van der Waals surface area (Å²) >= 11 is 0. The Morgan fingerprint density at radius 1 is 1.12 bits per heavy atom. The van der Waals surface area contributed by atoms with E-state index in [0.29, 0.717) is 23.8 Å². The lowest BCUT2D eigenvalue weighted by Gasteiger charge is -2.21. The Morgan fingerprint density at radius 2 is 1.88 bits per heavy atom. The smallest absolute Gasteiger partial charge is 0.274 e. The maximum absolute atomic E-state index is 12.1. The first-order chi connectivity index (χ1) is 12.2. The maximum atomic E-state index is 12.1. The van der Waals surface area contributed by atoms with Crippen molar-refractivity contribution in [2.45, 2.75) is 20.3 Å². The normalized spacial score (nSPS) is 10.6. The lowest BCUT2D eigenvalue weighted by atomic mass is 10.2. The van der Waals surface area contributed by atoms with Crippen LogP contribution in [0.4, 0.5) is 17.3 Å². The van der Waals surface area contributed by atoms with E-state index < -0.39 is 0 Å². The van der Waals surface area contributed by atoms with Gasteiger partial charge in [0, 0.05) is 24.5 Å². The van der Waals surface area contributed by atoms with Gasteiger partial charge in [-0.3, -0.25) is 9.78 Å². The monoisotopic (exact) mass is 339 g/mol. The number of benzene rings is 1. The SMILES string of the molecule is CCN(CC)c1ccc(Nc2nnc(Cc3ccco3)c(=O)[nH]2)cc1. The highest BCUT2D eigenvalue weighted by Gasteiger charge is 2.08. The van der Waals surface area contributed by atoms with Crippen molar-refractivity contribution >= 4 is 17.3 Å². The number of aromatic nitrogens is 3. The molecule has 7 nitrogen and oxygen atoms in total. The summed E-state index contributed by atoms with van der Waals surface area (Å²) in [5, 5.41) is 11.1. The molecule has 2 aromatic heterocycles. The van der Waals surface area contributed by atoms with Crippen LogP contribution in [0.15, 0.2) is 51.9 Å². The van der Waals surface area contributed by atoms with Crippen LogP contribution in [0.5, 0.6) is 0 Å². The Morgan fingerprint density at radius 3 is 2.48 bits per heavy atom. The van der Waals surface area contributed by atoms with Gasteiger partial charge < -0.3 is 14.6 Å². The number of H-pyrrole nitrogens is 1. The second-order valence-corrected chi connectivity index (χ2v) is 5.55. The fourth-order valence-electron chi connectivity index (χ4n) is 2.59. The van der Waals surface area contributed by atoms with Crippen molar-refractivity contribution in [3.05, 3.63) is 64.5 Å². The third kappa shape index (κ3) is 4.06. The quantitative estimate of drug-likeness (QED) is 0.688. The van der Waals surface area contributed by atoms with E-state index in [-0.39, 0.29) is 5.56 Å². The van der Waals surface area contributed by atoms with Crippen molar-refractivity contribution in [2.24, 2.45) is 0 Å². The van der Waals surface area contributed by atoms with E-state index >= 15 is 0 Å². The average molecular weight is 339 g/mol. The topological polar surface area (TPSA) is 87.0 Å². The molecule has 130 valence electrons. The molecule has 3 rings (SSSR count). The van der Waals surface area contributed by atoms with Gasteiger partial charge in [0.1, 0.15) is 11.5 Å². The van der Waals surface area contributed by atoms with Crippen LogP contribution in [0.25, 0.3) is 0 Å². The van der Waals surface area contributed by atoms with Crippen LogP contribution in [-0.2, 0) is 6.42 Å². The first kappa shape index (κ1) is 16.8. The lowest BCUT2D eigenvalue weighted by molar-refractivity contribution is 0.517. The van der Waals surface area contributed by atoms with Crippen molar-refractivity contribution in [2.75, 3.05) is 23.3 Å². The summed E-state index contributed by atoms with van der Waals surface area (Å²) in [5.74, 6) is 0.983.